The molecule has 0 saturated heterocycles. The zero-order valence-corrected chi connectivity index (χ0v) is 13.2. The number of carbonyl (C=O) groups excluding carboxylic acids is 2. The lowest BCUT2D eigenvalue weighted by molar-refractivity contribution is -0.117. The van der Waals surface area contributed by atoms with E-state index in [2.05, 4.69) is 10.6 Å². The molecule has 23 heavy (non-hydrogen) atoms. The minimum Gasteiger partial charge on any atom is -0.355 e. The molecule has 0 spiro atoms. The molecule has 0 radical (unpaired) electrons. The predicted molar refractivity (Wildman–Crippen MR) is 91.9 cm³/mol. The van der Waals surface area contributed by atoms with Gasteiger partial charge in [-0.05, 0) is 36.3 Å². The molecule has 4 heteroatoms. The summed E-state index contributed by atoms with van der Waals surface area (Å²) in [6.07, 6.45) is 3.22. The standard InChI is InChI=1S/C19H20N2O2/c1-14(16-6-4-3-5-7-16)21-18(22)13-10-15-8-11-17(12-9-15)19(23)20-2/h3-14H,1-2H3,(H,20,23)(H,21,22)/b13-10+. The Hall–Kier alpha value is -2.88. The van der Waals surface area contributed by atoms with Crippen molar-refractivity contribution >= 4 is 17.9 Å². The summed E-state index contributed by atoms with van der Waals surface area (Å²) in [7, 11) is 1.59. The molecule has 4 nitrogen and oxygen atoms in total. The third-order valence-electron chi connectivity index (χ3n) is 3.49. The van der Waals surface area contributed by atoms with Gasteiger partial charge < -0.3 is 10.6 Å². The van der Waals surface area contributed by atoms with Crippen LogP contribution in [0.1, 0.15) is 34.5 Å². The Kier molecular flexibility index (Phi) is 5.69. The molecule has 2 rings (SSSR count). The van der Waals surface area contributed by atoms with Crippen molar-refractivity contribution in [3.05, 3.63) is 77.4 Å². The molecular formula is C19H20N2O2. The number of carbonyl (C=O) groups is 2. The summed E-state index contributed by atoms with van der Waals surface area (Å²) < 4.78 is 0. The van der Waals surface area contributed by atoms with Gasteiger partial charge in [-0.1, -0.05) is 42.5 Å². The van der Waals surface area contributed by atoms with E-state index in [9.17, 15) is 9.59 Å². The average molecular weight is 308 g/mol. The van der Waals surface area contributed by atoms with Gasteiger partial charge in [0.1, 0.15) is 0 Å². The first-order chi connectivity index (χ1) is 11.1. The predicted octanol–water partition coefficient (Wildman–Crippen LogP) is 2.94. The molecule has 0 fully saturated rings. The molecule has 0 heterocycles. The molecule has 118 valence electrons. The van der Waals surface area contributed by atoms with Crippen LogP contribution in [0.25, 0.3) is 6.08 Å². The zero-order chi connectivity index (χ0) is 16.7. The van der Waals surface area contributed by atoms with E-state index in [0.717, 1.165) is 11.1 Å². The smallest absolute Gasteiger partial charge is 0.251 e. The largest absolute Gasteiger partial charge is 0.355 e. The SMILES string of the molecule is CNC(=O)c1ccc(/C=C/C(=O)NC(C)c2ccccc2)cc1. The van der Waals surface area contributed by atoms with E-state index < -0.39 is 0 Å². The third kappa shape index (κ3) is 4.81. The third-order valence-corrected chi connectivity index (χ3v) is 3.49. The van der Waals surface area contributed by atoms with Gasteiger partial charge in [0.2, 0.25) is 5.91 Å². The highest BCUT2D eigenvalue weighted by molar-refractivity contribution is 5.94. The molecule has 0 saturated carbocycles. The molecular weight excluding hydrogens is 288 g/mol. The molecule has 0 bridgehead atoms. The molecule has 0 aliphatic heterocycles. The Balaban J connectivity index is 1.94. The van der Waals surface area contributed by atoms with Crippen LogP contribution < -0.4 is 10.6 Å². The molecule has 0 aromatic heterocycles. The normalized spacial score (nSPS) is 11.9. The van der Waals surface area contributed by atoms with Crippen molar-refractivity contribution in [3.63, 3.8) is 0 Å². The molecule has 2 N–H and O–H groups in total. The Morgan fingerprint density at radius 2 is 1.65 bits per heavy atom. The highest BCUT2D eigenvalue weighted by atomic mass is 16.2. The summed E-state index contributed by atoms with van der Waals surface area (Å²) >= 11 is 0. The Bertz CT molecular complexity index is 691. The van der Waals surface area contributed by atoms with Crippen LogP contribution in [0.15, 0.2) is 60.7 Å². The maximum Gasteiger partial charge on any atom is 0.251 e. The summed E-state index contributed by atoms with van der Waals surface area (Å²) in [4.78, 5) is 23.4. The number of amides is 2. The molecule has 2 amide bonds. The first kappa shape index (κ1) is 16.5. The van der Waals surface area contributed by atoms with Crippen LogP contribution in [0, 0.1) is 0 Å². The summed E-state index contributed by atoms with van der Waals surface area (Å²) in [6, 6.07) is 16.8. The number of hydrogen-bond donors (Lipinski definition) is 2. The minimum absolute atomic E-state index is 0.0519. The van der Waals surface area contributed by atoms with Gasteiger partial charge in [-0.2, -0.15) is 0 Å². The molecule has 2 aromatic rings. The topological polar surface area (TPSA) is 58.2 Å². The Morgan fingerprint density at radius 1 is 1.00 bits per heavy atom. The van der Waals surface area contributed by atoms with Crippen molar-refractivity contribution in [2.45, 2.75) is 13.0 Å². The second-order valence-corrected chi connectivity index (χ2v) is 5.18. The van der Waals surface area contributed by atoms with Gasteiger partial charge in [0, 0.05) is 18.7 Å². The van der Waals surface area contributed by atoms with E-state index in [4.69, 9.17) is 0 Å². The van der Waals surface area contributed by atoms with Crippen molar-refractivity contribution in [1.29, 1.82) is 0 Å². The highest BCUT2D eigenvalue weighted by Crippen LogP contribution is 2.11. The first-order valence-electron chi connectivity index (χ1n) is 7.46. The van der Waals surface area contributed by atoms with E-state index in [1.165, 1.54) is 6.08 Å². The molecule has 0 aliphatic carbocycles. The van der Waals surface area contributed by atoms with Crippen molar-refractivity contribution in [1.82, 2.24) is 10.6 Å². The maximum absolute atomic E-state index is 12.0. The second kappa shape index (κ2) is 7.94. The quantitative estimate of drug-likeness (QED) is 0.834. The van der Waals surface area contributed by atoms with E-state index in [0.29, 0.717) is 5.56 Å². The lowest BCUT2D eigenvalue weighted by Gasteiger charge is -2.12. The van der Waals surface area contributed by atoms with Gasteiger partial charge in [-0.15, -0.1) is 0 Å². The molecule has 0 aliphatic rings. The van der Waals surface area contributed by atoms with Crippen molar-refractivity contribution in [2.24, 2.45) is 0 Å². The van der Waals surface area contributed by atoms with Crippen LogP contribution in [0.4, 0.5) is 0 Å². The molecule has 1 atom stereocenters. The summed E-state index contributed by atoms with van der Waals surface area (Å²) in [5, 5.41) is 5.48. The van der Waals surface area contributed by atoms with Gasteiger partial charge in [-0.3, -0.25) is 9.59 Å². The summed E-state index contributed by atoms with van der Waals surface area (Å²) in [5.41, 5.74) is 2.51. The van der Waals surface area contributed by atoms with Crippen LogP contribution in [-0.4, -0.2) is 18.9 Å². The van der Waals surface area contributed by atoms with Gasteiger partial charge in [0.05, 0.1) is 6.04 Å². The fourth-order valence-electron chi connectivity index (χ4n) is 2.15. The number of benzene rings is 2. The van der Waals surface area contributed by atoms with Crippen LogP contribution in [0.2, 0.25) is 0 Å². The van der Waals surface area contributed by atoms with E-state index in [1.54, 1.807) is 37.4 Å². The lowest BCUT2D eigenvalue weighted by Crippen LogP contribution is -2.24. The summed E-state index contributed by atoms with van der Waals surface area (Å²) in [6.45, 7) is 1.94. The van der Waals surface area contributed by atoms with Crippen molar-refractivity contribution in [3.8, 4) is 0 Å². The Labute approximate surface area is 136 Å². The fourth-order valence-corrected chi connectivity index (χ4v) is 2.15. The molecule has 2 aromatic carbocycles. The number of rotatable bonds is 5. The second-order valence-electron chi connectivity index (χ2n) is 5.18. The zero-order valence-electron chi connectivity index (χ0n) is 13.2. The van der Waals surface area contributed by atoms with Crippen LogP contribution in [-0.2, 0) is 4.79 Å². The van der Waals surface area contributed by atoms with Gasteiger partial charge in [0.25, 0.3) is 5.91 Å². The van der Waals surface area contributed by atoms with Crippen LogP contribution in [0.5, 0.6) is 0 Å². The van der Waals surface area contributed by atoms with E-state index in [-0.39, 0.29) is 17.9 Å². The summed E-state index contributed by atoms with van der Waals surface area (Å²) in [5.74, 6) is -0.285. The van der Waals surface area contributed by atoms with Crippen molar-refractivity contribution < 1.29 is 9.59 Å². The van der Waals surface area contributed by atoms with Crippen molar-refractivity contribution in [2.75, 3.05) is 7.05 Å². The molecule has 1 unspecified atom stereocenters. The highest BCUT2D eigenvalue weighted by Gasteiger charge is 2.06. The fraction of sp³-hybridized carbons (Fsp3) is 0.158. The van der Waals surface area contributed by atoms with Crippen LogP contribution >= 0.6 is 0 Å². The number of nitrogens with one attached hydrogen (secondary N) is 2. The van der Waals surface area contributed by atoms with Gasteiger partial charge >= 0.3 is 0 Å². The number of hydrogen-bond acceptors (Lipinski definition) is 2. The lowest BCUT2D eigenvalue weighted by atomic mass is 10.1. The van der Waals surface area contributed by atoms with E-state index in [1.807, 2.05) is 37.3 Å². The Morgan fingerprint density at radius 3 is 2.26 bits per heavy atom. The average Bonchev–Trinajstić information content (AvgIpc) is 2.60. The van der Waals surface area contributed by atoms with Gasteiger partial charge in [0.15, 0.2) is 0 Å². The minimum atomic E-state index is -0.156. The first-order valence-corrected chi connectivity index (χ1v) is 7.46. The van der Waals surface area contributed by atoms with Crippen LogP contribution in [0.3, 0.4) is 0 Å². The van der Waals surface area contributed by atoms with Gasteiger partial charge in [-0.25, -0.2) is 0 Å². The van der Waals surface area contributed by atoms with E-state index >= 15 is 0 Å². The maximum atomic E-state index is 12.0. The monoisotopic (exact) mass is 308 g/mol.